The molecule has 2 amide bonds. The Balaban J connectivity index is 1.42. The summed E-state index contributed by atoms with van der Waals surface area (Å²) in [6, 6.07) is 12.3. The Morgan fingerprint density at radius 2 is 1.80 bits per heavy atom. The fraction of sp³-hybridized carbons (Fsp3) is 0.250. The molecule has 2 fully saturated rings. The van der Waals surface area contributed by atoms with Gasteiger partial charge in [0.2, 0.25) is 11.8 Å². The minimum Gasteiger partial charge on any atom is -0.480 e. The number of carbonyl (C=O) groups is 3. The maximum absolute atomic E-state index is 13.4. The lowest BCUT2D eigenvalue weighted by Gasteiger charge is -2.56. The van der Waals surface area contributed by atoms with Crippen LogP contribution in [0, 0.1) is 5.41 Å². The monoisotopic (exact) mass is 652 g/mol. The molecule has 5 rings (SSSR count). The Kier molecular flexibility index (Phi) is 8.50. The van der Waals surface area contributed by atoms with E-state index < -0.39 is 22.8 Å². The van der Waals surface area contributed by atoms with Crippen LogP contribution in [0.5, 0.6) is 17.2 Å². The number of thiophene rings is 1. The maximum atomic E-state index is 13.4. The van der Waals surface area contributed by atoms with Gasteiger partial charge in [-0.1, -0.05) is 34.8 Å². The summed E-state index contributed by atoms with van der Waals surface area (Å²) in [5.41, 5.74) is -1.57. The summed E-state index contributed by atoms with van der Waals surface area (Å²) in [7, 11) is 0. The Morgan fingerprint density at radius 1 is 1.10 bits per heavy atom. The molecule has 0 saturated carbocycles. The summed E-state index contributed by atoms with van der Waals surface area (Å²) in [5, 5.41) is 13.6. The number of nitrogens with zero attached hydrogens (tertiary/aromatic N) is 2. The molecule has 1 N–H and O–H groups in total. The van der Waals surface area contributed by atoms with E-state index in [0.29, 0.717) is 20.8 Å². The SMILES string of the molecule is CC=C(Oc1cc(Cl)ccc1Oc1ccc(Cl)cc1Cl)C1(C(=O)O)CS[C@@H]2C(N(C(C)=O)c3cccs3)C(=O)N2C1. The normalized spacial score (nSPS) is 22.0. The van der Waals surface area contributed by atoms with E-state index >= 15 is 0 Å². The van der Waals surface area contributed by atoms with Crippen LogP contribution in [0.4, 0.5) is 5.00 Å². The number of halogens is 3. The molecule has 0 bridgehead atoms. The van der Waals surface area contributed by atoms with Gasteiger partial charge in [0.05, 0.1) is 10.0 Å². The molecule has 3 aromatic rings. The minimum atomic E-state index is -1.57. The smallest absolute Gasteiger partial charge is 0.320 e. The van der Waals surface area contributed by atoms with E-state index in [-0.39, 0.29) is 46.4 Å². The lowest BCUT2D eigenvalue weighted by molar-refractivity contribution is -0.156. The molecule has 0 spiro atoms. The second-order valence-corrected chi connectivity index (χ2v) is 12.7. The first-order valence-corrected chi connectivity index (χ1v) is 15.4. The number of ether oxygens (including phenoxy) is 2. The van der Waals surface area contributed by atoms with Crippen molar-refractivity contribution in [2.75, 3.05) is 17.2 Å². The number of allylic oxidation sites excluding steroid dienone is 1. The third kappa shape index (κ3) is 5.51. The third-order valence-electron chi connectivity index (χ3n) is 6.80. The van der Waals surface area contributed by atoms with E-state index in [1.165, 1.54) is 52.0 Å². The number of carboxylic acid groups (broad SMARTS) is 1. The van der Waals surface area contributed by atoms with Crippen LogP contribution in [0.3, 0.4) is 0 Å². The summed E-state index contributed by atoms with van der Waals surface area (Å²) in [5.74, 6) is -0.798. The Labute approximate surface area is 259 Å². The maximum Gasteiger partial charge on any atom is 0.320 e. The number of anilines is 1. The average molecular weight is 654 g/mol. The van der Waals surface area contributed by atoms with Crippen molar-refractivity contribution < 1.29 is 29.0 Å². The Bertz CT molecular complexity index is 1550. The number of thioether (sulfide) groups is 1. The number of benzene rings is 2. The van der Waals surface area contributed by atoms with Gasteiger partial charge in [-0.25, -0.2) is 0 Å². The van der Waals surface area contributed by atoms with Gasteiger partial charge in [0.1, 0.15) is 22.9 Å². The second-order valence-electron chi connectivity index (χ2n) is 9.36. The Hall–Kier alpha value is -2.89. The van der Waals surface area contributed by atoms with Crippen LogP contribution in [0.25, 0.3) is 0 Å². The Morgan fingerprint density at radius 3 is 2.41 bits per heavy atom. The number of fused-ring (bicyclic) bond motifs is 1. The van der Waals surface area contributed by atoms with Crippen LogP contribution in [0.2, 0.25) is 15.1 Å². The molecule has 2 aliphatic heterocycles. The van der Waals surface area contributed by atoms with Gasteiger partial charge in [-0.05, 0) is 60.8 Å². The van der Waals surface area contributed by atoms with Crippen molar-refractivity contribution in [1.82, 2.24) is 4.90 Å². The van der Waals surface area contributed by atoms with Gasteiger partial charge >= 0.3 is 5.97 Å². The predicted octanol–water partition coefficient (Wildman–Crippen LogP) is 7.19. The van der Waals surface area contributed by atoms with Crippen molar-refractivity contribution in [3.8, 4) is 17.2 Å². The molecule has 2 saturated heterocycles. The summed E-state index contributed by atoms with van der Waals surface area (Å²) in [4.78, 5) is 41.7. The first kappa shape index (κ1) is 29.6. The molecular formula is C28H23Cl3N2O6S2. The van der Waals surface area contributed by atoms with Crippen molar-refractivity contribution in [2.24, 2.45) is 5.41 Å². The fourth-order valence-corrected chi connectivity index (χ4v) is 7.82. The molecule has 1 aromatic heterocycles. The molecule has 3 atom stereocenters. The zero-order valence-corrected chi connectivity index (χ0v) is 25.6. The van der Waals surface area contributed by atoms with E-state index in [1.54, 1.807) is 43.3 Å². The number of rotatable bonds is 8. The quantitative estimate of drug-likeness (QED) is 0.203. The largest absolute Gasteiger partial charge is 0.480 e. The fourth-order valence-electron chi connectivity index (χ4n) is 4.81. The summed E-state index contributed by atoms with van der Waals surface area (Å²) in [6.07, 6.45) is 1.56. The third-order valence-corrected chi connectivity index (χ3v) is 9.94. The topological polar surface area (TPSA) is 96.4 Å². The van der Waals surface area contributed by atoms with E-state index in [4.69, 9.17) is 44.3 Å². The first-order chi connectivity index (χ1) is 19.6. The molecule has 8 nitrogen and oxygen atoms in total. The zero-order chi connectivity index (χ0) is 29.5. The van der Waals surface area contributed by atoms with Gasteiger partial charge in [0.25, 0.3) is 0 Å². The second kappa shape index (κ2) is 11.8. The highest BCUT2D eigenvalue weighted by Gasteiger charge is 2.61. The molecular weight excluding hydrogens is 631 g/mol. The van der Waals surface area contributed by atoms with Crippen molar-refractivity contribution >= 4 is 80.7 Å². The first-order valence-electron chi connectivity index (χ1n) is 12.3. The van der Waals surface area contributed by atoms with E-state index in [2.05, 4.69) is 0 Å². The van der Waals surface area contributed by atoms with Crippen LogP contribution >= 0.6 is 57.9 Å². The molecule has 2 aromatic carbocycles. The zero-order valence-electron chi connectivity index (χ0n) is 21.7. The van der Waals surface area contributed by atoms with Gasteiger partial charge in [-0.15, -0.1) is 23.1 Å². The van der Waals surface area contributed by atoms with Gasteiger partial charge in [0, 0.05) is 35.3 Å². The minimum absolute atomic E-state index is 0.100. The molecule has 3 heterocycles. The molecule has 13 heteroatoms. The number of β-lactam (4-membered cyclic amide) rings is 1. The molecule has 0 aliphatic carbocycles. The van der Waals surface area contributed by atoms with Gasteiger partial charge in [-0.2, -0.15) is 0 Å². The molecule has 41 heavy (non-hydrogen) atoms. The standard InChI is InChI=1S/C28H23Cl3N2O6S2/c1-3-22(39-21-12-17(30)7-9-20(21)38-19-8-6-16(29)11-18(19)31)28(27(36)37)13-32-25(35)24(26(32)41-14-28)33(15(2)34)23-5-4-10-40-23/h3-12,24,26H,13-14H2,1-2H3,(H,36,37)/t24?,26-,28?/m1/s1. The van der Waals surface area contributed by atoms with Crippen LogP contribution in [0.1, 0.15) is 13.8 Å². The highest BCUT2D eigenvalue weighted by molar-refractivity contribution is 8.00. The van der Waals surface area contributed by atoms with Gasteiger partial charge in [0.15, 0.2) is 16.9 Å². The number of aliphatic carboxylic acids is 1. The average Bonchev–Trinajstić information content (AvgIpc) is 3.46. The number of hydrogen-bond acceptors (Lipinski definition) is 7. The number of hydrogen-bond donors (Lipinski definition) is 1. The summed E-state index contributed by atoms with van der Waals surface area (Å²) in [6.45, 7) is 2.94. The highest BCUT2D eigenvalue weighted by atomic mass is 35.5. The lowest BCUT2D eigenvalue weighted by Crippen LogP contribution is -2.74. The number of carbonyl (C=O) groups excluding carboxylic acids is 2. The van der Waals surface area contributed by atoms with Crippen LogP contribution in [0.15, 0.2) is 65.7 Å². The lowest BCUT2D eigenvalue weighted by atomic mass is 9.84. The van der Waals surface area contributed by atoms with Crippen LogP contribution in [-0.4, -0.2) is 51.5 Å². The van der Waals surface area contributed by atoms with Crippen molar-refractivity contribution in [2.45, 2.75) is 25.3 Å². The van der Waals surface area contributed by atoms with Crippen molar-refractivity contribution in [3.05, 3.63) is 80.8 Å². The molecule has 2 aliphatic rings. The molecule has 0 radical (unpaired) electrons. The number of amides is 2. The van der Waals surface area contributed by atoms with Crippen molar-refractivity contribution in [3.63, 3.8) is 0 Å². The predicted molar refractivity (Wildman–Crippen MR) is 162 cm³/mol. The van der Waals surface area contributed by atoms with E-state index in [9.17, 15) is 19.5 Å². The summed E-state index contributed by atoms with van der Waals surface area (Å²) >= 11 is 21.2. The van der Waals surface area contributed by atoms with Gasteiger partial charge < -0.3 is 19.5 Å². The van der Waals surface area contributed by atoms with Gasteiger partial charge in [-0.3, -0.25) is 19.3 Å². The number of carboxylic acids is 1. The van der Waals surface area contributed by atoms with Crippen LogP contribution < -0.4 is 14.4 Å². The molecule has 2 unspecified atom stereocenters. The highest BCUT2D eigenvalue weighted by Crippen LogP contribution is 2.49. The summed E-state index contributed by atoms with van der Waals surface area (Å²) < 4.78 is 12.2. The van der Waals surface area contributed by atoms with E-state index in [1.807, 2.05) is 11.4 Å². The molecule has 214 valence electrons. The van der Waals surface area contributed by atoms with E-state index in [0.717, 1.165) is 0 Å². The van der Waals surface area contributed by atoms with Crippen molar-refractivity contribution in [1.29, 1.82) is 0 Å². The van der Waals surface area contributed by atoms with Crippen LogP contribution in [-0.2, 0) is 14.4 Å².